The molecule has 0 saturated carbocycles. The minimum absolute atomic E-state index is 0.192. The molecule has 0 spiro atoms. The Hall–Kier alpha value is -2.61. The van der Waals surface area contributed by atoms with E-state index in [1.165, 1.54) is 37.9 Å². The highest BCUT2D eigenvalue weighted by Crippen LogP contribution is 2.38. The van der Waals surface area contributed by atoms with Crippen molar-refractivity contribution in [2.24, 2.45) is 0 Å². The van der Waals surface area contributed by atoms with Crippen molar-refractivity contribution in [3.05, 3.63) is 75.9 Å². The molecule has 1 nitrogen and oxygen atoms in total. The van der Waals surface area contributed by atoms with Crippen LogP contribution in [0.3, 0.4) is 0 Å². The standard InChI is InChI=1S/C24H20FNS2/c1-3-4-16-5-8-18(9-6-16)21-14-23-22(28-21)13-19(27-23)10-7-17-11-15(2)24(26)20(25)12-17/h5-6,8-9,11-14H,3-4,26H2,1-2H3. The van der Waals surface area contributed by atoms with Crippen LogP contribution in [-0.2, 0) is 6.42 Å². The summed E-state index contributed by atoms with van der Waals surface area (Å²) in [6, 6.07) is 16.4. The van der Waals surface area contributed by atoms with Gasteiger partial charge in [-0.3, -0.25) is 0 Å². The molecule has 2 heterocycles. The number of fused-ring (bicyclic) bond motifs is 1. The number of rotatable bonds is 3. The van der Waals surface area contributed by atoms with Crippen LogP contribution in [0.1, 0.15) is 34.9 Å². The second-order valence-corrected chi connectivity index (χ2v) is 9.00. The molecular formula is C24H20FNS2. The maximum atomic E-state index is 13.8. The van der Waals surface area contributed by atoms with E-state index in [4.69, 9.17) is 5.73 Å². The summed E-state index contributed by atoms with van der Waals surface area (Å²) >= 11 is 3.46. The van der Waals surface area contributed by atoms with Gasteiger partial charge in [0.1, 0.15) is 5.82 Å². The number of nitrogens with two attached hydrogens (primary N) is 1. The molecule has 2 aromatic heterocycles. The summed E-state index contributed by atoms with van der Waals surface area (Å²) in [5, 5.41) is 0. The Morgan fingerprint density at radius 3 is 2.39 bits per heavy atom. The molecule has 0 atom stereocenters. The molecule has 0 aliphatic rings. The molecule has 4 rings (SSSR count). The predicted molar refractivity (Wildman–Crippen MR) is 121 cm³/mol. The summed E-state index contributed by atoms with van der Waals surface area (Å²) < 4.78 is 16.2. The number of halogens is 1. The second kappa shape index (κ2) is 7.79. The van der Waals surface area contributed by atoms with Crippen molar-refractivity contribution in [3.63, 3.8) is 0 Å². The average molecular weight is 406 g/mol. The molecule has 2 N–H and O–H groups in total. The highest BCUT2D eigenvalue weighted by Gasteiger charge is 2.08. The number of benzene rings is 2. The van der Waals surface area contributed by atoms with E-state index in [9.17, 15) is 4.39 Å². The van der Waals surface area contributed by atoms with Crippen molar-refractivity contribution >= 4 is 37.8 Å². The molecule has 0 unspecified atom stereocenters. The first-order valence-electron chi connectivity index (χ1n) is 9.24. The first-order chi connectivity index (χ1) is 13.5. The topological polar surface area (TPSA) is 26.0 Å². The van der Waals surface area contributed by atoms with Crippen molar-refractivity contribution in [1.82, 2.24) is 0 Å². The lowest BCUT2D eigenvalue weighted by Gasteiger charge is -2.01. The first-order valence-corrected chi connectivity index (χ1v) is 10.9. The molecule has 140 valence electrons. The van der Waals surface area contributed by atoms with E-state index in [-0.39, 0.29) is 5.69 Å². The minimum atomic E-state index is -0.411. The Kier molecular flexibility index (Phi) is 5.21. The van der Waals surface area contributed by atoms with Gasteiger partial charge in [-0.1, -0.05) is 49.5 Å². The zero-order chi connectivity index (χ0) is 19.7. The van der Waals surface area contributed by atoms with E-state index in [0.29, 0.717) is 11.1 Å². The maximum absolute atomic E-state index is 13.8. The molecule has 0 aliphatic carbocycles. The number of hydrogen-bond acceptors (Lipinski definition) is 3. The van der Waals surface area contributed by atoms with Crippen LogP contribution in [0.2, 0.25) is 0 Å². The van der Waals surface area contributed by atoms with Gasteiger partial charge >= 0.3 is 0 Å². The first kappa shape index (κ1) is 18.7. The van der Waals surface area contributed by atoms with Crippen LogP contribution < -0.4 is 5.73 Å². The van der Waals surface area contributed by atoms with Gasteiger partial charge in [-0.25, -0.2) is 4.39 Å². The molecule has 0 aliphatic heterocycles. The quantitative estimate of drug-likeness (QED) is 0.288. The van der Waals surface area contributed by atoms with E-state index in [2.05, 4.69) is 55.2 Å². The molecule has 2 aromatic carbocycles. The van der Waals surface area contributed by atoms with E-state index in [1.54, 1.807) is 29.6 Å². The lowest BCUT2D eigenvalue weighted by atomic mass is 10.1. The average Bonchev–Trinajstić information content (AvgIpc) is 3.24. The van der Waals surface area contributed by atoms with Crippen molar-refractivity contribution in [2.75, 3.05) is 5.73 Å². The van der Waals surface area contributed by atoms with Crippen LogP contribution in [0.5, 0.6) is 0 Å². The Morgan fingerprint density at radius 1 is 0.964 bits per heavy atom. The second-order valence-electron chi connectivity index (χ2n) is 6.84. The fraction of sp³-hybridized carbons (Fsp3) is 0.167. The monoisotopic (exact) mass is 405 g/mol. The van der Waals surface area contributed by atoms with Crippen molar-refractivity contribution in [3.8, 4) is 22.3 Å². The summed E-state index contributed by atoms with van der Waals surface area (Å²) in [4.78, 5) is 2.26. The largest absolute Gasteiger partial charge is 0.396 e. The van der Waals surface area contributed by atoms with Crippen LogP contribution in [-0.4, -0.2) is 0 Å². The van der Waals surface area contributed by atoms with Gasteiger partial charge in [-0.05, 0) is 54.3 Å². The summed E-state index contributed by atoms with van der Waals surface area (Å²) in [6.07, 6.45) is 2.29. The normalized spacial score (nSPS) is 10.8. The fourth-order valence-corrected chi connectivity index (χ4v) is 5.38. The minimum Gasteiger partial charge on any atom is -0.396 e. The van der Waals surface area contributed by atoms with Crippen LogP contribution in [0.15, 0.2) is 48.5 Å². The van der Waals surface area contributed by atoms with Crippen molar-refractivity contribution in [2.45, 2.75) is 26.7 Å². The summed E-state index contributed by atoms with van der Waals surface area (Å²) in [5.41, 5.74) is 9.86. The van der Waals surface area contributed by atoms with Crippen LogP contribution >= 0.6 is 22.7 Å². The predicted octanol–water partition coefficient (Wildman–Crippen LogP) is 7.01. The van der Waals surface area contributed by atoms with Crippen molar-refractivity contribution in [1.29, 1.82) is 0 Å². The molecule has 0 bridgehead atoms. The van der Waals surface area contributed by atoms with E-state index >= 15 is 0 Å². The molecule has 0 amide bonds. The number of thiophene rings is 2. The molecule has 4 aromatic rings. The zero-order valence-corrected chi connectivity index (χ0v) is 17.4. The number of anilines is 1. The third-order valence-corrected chi connectivity index (χ3v) is 6.91. The molecule has 0 fully saturated rings. The Morgan fingerprint density at radius 2 is 1.71 bits per heavy atom. The molecule has 4 heteroatoms. The third kappa shape index (κ3) is 3.82. The molecule has 0 saturated heterocycles. The van der Waals surface area contributed by atoms with Gasteiger partial charge in [0, 0.05) is 19.8 Å². The van der Waals surface area contributed by atoms with Gasteiger partial charge in [0.2, 0.25) is 0 Å². The summed E-state index contributed by atoms with van der Waals surface area (Å²) in [6.45, 7) is 3.99. The van der Waals surface area contributed by atoms with E-state index in [0.717, 1.165) is 11.3 Å². The van der Waals surface area contributed by atoms with Gasteiger partial charge in [-0.15, -0.1) is 22.7 Å². The molecule has 28 heavy (non-hydrogen) atoms. The van der Waals surface area contributed by atoms with Crippen LogP contribution in [0.4, 0.5) is 10.1 Å². The third-order valence-electron chi connectivity index (χ3n) is 4.65. The van der Waals surface area contributed by atoms with Gasteiger partial charge in [0.25, 0.3) is 0 Å². The van der Waals surface area contributed by atoms with Crippen molar-refractivity contribution < 1.29 is 4.39 Å². The van der Waals surface area contributed by atoms with Crippen LogP contribution in [0, 0.1) is 24.6 Å². The smallest absolute Gasteiger partial charge is 0.147 e. The van der Waals surface area contributed by atoms with Gasteiger partial charge in [-0.2, -0.15) is 0 Å². The molecular weight excluding hydrogens is 385 g/mol. The summed E-state index contributed by atoms with van der Waals surface area (Å²) in [5.74, 6) is 5.80. The SMILES string of the molecule is CCCc1ccc(-c2cc3sc(C#Cc4cc(C)c(N)c(F)c4)cc3s2)cc1. The Balaban J connectivity index is 1.58. The Labute approximate surface area is 172 Å². The van der Waals surface area contributed by atoms with Crippen LogP contribution in [0.25, 0.3) is 19.8 Å². The fourth-order valence-electron chi connectivity index (χ4n) is 3.13. The lowest BCUT2D eigenvalue weighted by molar-refractivity contribution is 0.631. The summed E-state index contributed by atoms with van der Waals surface area (Å²) in [7, 11) is 0. The lowest BCUT2D eigenvalue weighted by Crippen LogP contribution is -1.95. The highest BCUT2D eigenvalue weighted by molar-refractivity contribution is 7.29. The van der Waals surface area contributed by atoms with Gasteiger partial charge < -0.3 is 5.73 Å². The highest BCUT2D eigenvalue weighted by atomic mass is 32.1. The van der Waals surface area contributed by atoms with E-state index in [1.807, 2.05) is 6.07 Å². The van der Waals surface area contributed by atoms with Gasteiger partial charge in [0.15, 0.2) is 0 Å². The maximum Gasteiger partial charge on any atom is 0.147 e. The number of aryl methyl sites for hydroxylation is 2. The molecule has 0 radical (unpaired) electrons. The Bertz CT molecular complexity index is 1150. The van der Waals surface area contributed by atoms with Gasteiger partial charge in [0.05, 0.1) is 10.6 Å². The number of nitrogen functional groups attached to an aromatic ring is 1. The number of hydrogen-bond donors (Lipinski definition) is 1. The van der Waals surface area contributed by atoms with E-state index < -0.39 is 5.82 Å². The zero-order valence-electron chi connectivity index (χ0n) is 15.8.